The number of hydrogen-bond donors (Lipinski definition) is 2. The Bertz CT molecular complexity index is 285. The van der Waals surface area contributed by atoms with Crippen LogP contribution in [0.15, 0.2) is 0 Å². The number of nitriles is 1. The number of hydrogen-bond acceptors (Lipinski definition) is 3. The van der Waals surface area contributed by atoms with Crippen molar-refractivity contribution in [1.82, 2.24) is 10.2 Å². The molecule has 0 aliphatic carbocycles. The number of nitrogens with one attached hydrogen (secondary N) is 1. The molecule has 15 heavy (non-hydrogen) atoms. The maximum absolute atomic E-state index is 11.4. The van der Waals surface area contributed by atoms with Crippen LogP contribution in [0.5, 0.6) is 0 Å². The Labute approximate surface area is 88.5 Å². The molecule has 0 radical (unpaired) electrons. The standard InChI is InChI=1S/C9H15N3O3/c1-6(4-5-10)12(3)9(15)11-7(2)8(13)14/h6-7H,4H2,1-3H3,(H,11,15)(H,13,14). The highest BCUT2D eigenvalue weighted by molar-refractivity contribution is 5.82. The zero-order chi connectivity index (χ0) is 12.0. The fourth-order valence-electron chi connectivity index (χ4n) is 0.818. The number of amides is 2. The van der Waals surface area contributed by atoms with E-state index in [0.29, 0.717) is 0 Å². The lowest BCUT2D eigenvalue weighted by molar-refractivity contribution is -0.138. The van der Waals surface area contributed by atoms with Gasteiger partial charge in [0.2, 0.25) is 0 Å². The van der Waals surface area contributed by atoms with Gasteiger partial charge >= 0.3 is 12.0 Å². The van der Waals surface area contributed by atoms with Crippen molar-refractivity contribution in [1.29, 1.82) is 5.26 Å². The number of urea groups is 1. The highest BCUT2D eigenvalue weighted by Crippen LogP contribution is 2.00. The van der Waals surface area contributed by atoms with Gasteiger partial charge in [0.15, 0.2) is 0 Å². The third-order valence-electron chi connectivity index (χ3n) is 2.08. The van der Waals surface area contributed by atoms with E-state index in [1.807, 2.05) is 6.07 Å². The molecule has 0 aliphatic heterocycles. The summed E-state index contributed by atoms with van der Waals surface area (Å²) in [5.41, 5.74) is 0. The molecular formula is C9H15N3O3. The summed E-state index contributed by atoms with van der Waals surface area (Å²) < 4.78 is 0. The predicted octanol–water partition coefficient (Wildman–Crippen LogP) is 0.403. The number of rotatable bonds is 4. The number of carboxylic acid groups (broad SMARTS) is 1. The van der Waals surface area contributed by atoms with Crippen LogP contribution >= 0.6 is 0 Å². The van der Waals surface area contributed by atoms with Crippen molar-refractivity contribution in [2.75, 3.05) is 7.05 Å². The lowest BCUT2D eigenvalue weighted by Gasteiger charge is -2.24. The predicted molar refractivity (Wildman–Crippen MR) is 53.1 cm³/mol. The van der Waals surface area contributed by atoms with Crippen LogP contribution < -0.4 is 5.32 Å². The van der Waals surface area contributed by atoms with E-state index in [9.17, 15) is 9.59 Å². The second-order valence-electron chi connectivity index (χ2n) is 3.33. The van der Waals surface area contributed by atoms with E-state index >= 15 is 0 Å². The van der Waals surface area contributed by atoms with Gasteiger partial charge in [0.05, 0.1) is 12.5 Å². The van der Waals surface area contributed by atoms with Crippen LogP contribution in [0.1, 0.15) is 20.3 Å². The zero-order valence-electron chi connectivity index (χ0n) is 9.02. The van der Waals surface area contributed by atoms with Crippen molar-refractivity contribution in [2.24, 2.45) is 0 Å². The summed E-state index contributed by atoms with van der Waals surface area (Å²) in [6, 6.07) is 0.273. The minimum atomic E-state index is -1.09. The molecule has 2 atom stereocenters. The Balaban J connectivity index is 4.22. The lowest BCUT2D eigenvalue weighted by Crippen LogP contribution is -2.47. The summed E-state index contributed by atoms with van der Waals surface area (Å²) in [6.45, 7) is 3.09. The van der Waals surface area contributed by atoms with Gasteiger partial charge < -0.3 is 15.3 Å². The molecule has 2 N–H and O–H groups in total. The first-order valence-corrected chi connectivity index (χ1v) is 4.53. The minimum Gasteiger partial charge on any atom is -0.480 e. The molecule has 0 aromatic carbocycles. The van der Waals surface area contributed by atoms with E-state index in [0.717, 1.165) is 0 Å². The number of aliphatic carboxylic acids is 1. The minimum absolute atomic E-state index is 0.214. The van der Waals surface area contributed by atoms with Crippen LogP contribution in [0.2, 0.25) is 0 Å². The van der Waals surface area contributed by atoms with Crippen molar-refractivity contribution in [3.8, 4) is 6.07 Å². The normalized spacial score (nSPS) is 13.5. The second kappa shape index (κ2) is 5.86. The maximum atomic E-state index is 11.4. The third-order valence-corrected chi connectivity index (χ3v) is 2.08. The lowest BCUT2D eigenvalue weighted by atomic mass is 10.2. The van der Waals surface area contributed by atoms with E-state index in [1.54, 1.807) is 6.92 Å². The van der Waals surface area contributed by atoms with Gasteiger partial charge in [-0.15, -0.1) is 0 Å². The maximum Gasteiger partial charge on any atom is 0.325 e. The Kier molecular flexibility index (Phi) is 5.16. The summed E-state index contributed by atoms with van der Waals surface area (Å²) in [5.74, 6) is -1.09. The molecule has 0 rings (SSSR count). The molecule has 0 spiro atoms. The van der Waals surface area contributed by atoms with Crippen molar-refractivity contribution >= 4 is 12.0 Å². The molecule has 0 fully saturated rings. The Morgan fingerprint density at radius 2 is 2.07 bits per heavy atom. The van der Waals surface area contributed by atoms with Crippen LogP contribution in [0.4, 0.5) is 4.79 Å². The van der Waals surface area contributed by atoms with E-state index in [2.05, 4.69) is 5.32 Å². The van der Waals surface area contributed by atoms with E-state index < -0.39 is 18.0 Å². The third kappa shape index (κ3) is 4.31. The smallest absolute Gasteiger partial charge is 0.325 e. The van der Waals surface area contributed by atoms with Gasteiger partial charge in [0.1, 0.15) is 6.04 Å². The number of carbonyl (C=O) groups is 2. The first kappa shape index (κ1) is 13.2. The average molecular weight is 213 g/mol. The number of nitrogens with zero attached hydrogens (tertiary/aromatic N) is 2. The Morgan fingerprint density at radius 1 is 1.53 bits per heavy atom. The molecule has 0 aliphatic rings. The second-order valence-corrected chi connectivity index (χ2v) is 3.33. The molecular weight excluding hydrogens is 198 g/mol. The van der Waals surface area contributed by atoms with E-state index in [1.165, 1.54) is 18.9 Å². The highest BCUT2D eigenvalue weighted by atomic mass is 16.4. The molecule has 2 unspecified atom stereocenters. The molecule has 0 aromatic rings. The molecule has 6 nitrogen and oxygen atoms in total. The molecule has 6 heteroatoms. The van der Waals surface area contributed by atoms with Gasteiger partial charge in [-0.3, -0.25) is 4.79 Å². The SMILES string of the molecule is CC(NC(=O)N(C)C(C)CC#N)C(=O)O. The summed E-state index contributed by atoms with van der Waals surface area (Å²) in [4.78, 5) is 23.2. The van der Waals surface area contributed by atoms with Crippen LogP contribution in [-0.2, 0) is 4.79 Å². The first-order chi connectivity index (χ1) is 6.90. The van der Waals surface area contributed by atoms with Gasteiger partial charge in [-0.25, -0.2) is 4.79 Å². The van der Waals surface area contributed by atoms with Crippen LogP contribution in [-0.4, -0.2) is 41.1 Å². The van der Waals surface area contributed by atoms with Crippen LogP contribution in [0, 0.1) is 11.3 Å². The Hall–Kier alpha value is -1.77. The Morgan fingerprint density at radius 3 is 2.47 bits per heavy atom. The fourth-order valence-corrected chi connectivity index (χ4v) is 0.818. The molecule has 0 saturated carbocycles. The largest absolute Gasteiger partial charge is 0.480 e. The summed E-state index contributed by atoms with van der Waals surface area (Å²) in [6.07, 6.45) is 0.214. The molecule has 0 bridgehead atoms. The van der Waals surface area contributed by atoms with Crippen molar-refractivity contribution in [3.63, 3.8) is 0 Å². The highest BCUT2D eigenvalue weighted by Gasteiger charge is 2.19. The quantitative estimate of drug-likeness (QED) is 0.707. The van der Waals surface area contributed by atoms with Gasteiger partial charge in [-0.2, -0.15) is 5.26 Å². The van der Waals surface area contributed by atoms with Crippen molar-refractivity contribution in [3.05, 3.63) is 0 Å². The number of carbonyl (C=O) groups excluding carboxylic acids is 1. The van der Waals surface area contributed by atoms with Gasteiger partial charge in [0.25, 0.3) is 0 Å². The molecule has 0 aromatic heterocycles. The summed E-state index contributed by atoms with van der Waals surface area (Å²) in [7, 11) is 1.52. The van der Waals surface area contributed by atoms with E-state index in [-0.39, 0.29) is 12.5 Å². The monoisotopic (exact) mass is 213 g/mol. The van der Waals surface area contributed by atoms with Gasteiger partial charge in [-0.05, 0) is 13.8 Å². The van der Waals surface area contributed by atoms with Gasteiger partial charge in [-0.1, -0.05) is 0 Å². The van der Waals surface area contributed by atoms with Crippen LogP contribution in [0.3, 0.4) is 0 Å². The summed E-state index contributed by atoms with van der Waals surface area (Å²) >= 11 is 0. The average Bonchev–Trinajstić information content (AvgIpc) is 2.16. The summed E-state index contributed by atoms with van der Waals surface area (Å²) in [5, 5.41) is 19.3. The first-order valence-electron chi connectivity index (χ1n) is 4.53. The van der Waals surface area contributed by atoms with Gasteiger partial charge in [0, 0.05) is 13.1 Å². The molecule has 0 saturated heterocycles. The number of carboxylic acids is 1. The van der Waals surface area contributed by atoms with E-state index in [4.69, 9.17) is 10.4 Å². The van der Waals surface area contributed by atoms with Crippen molar-refractivity contribution < 1.29 is 14.7 Å². The molecule has 0 heterocycles. The topological polar surface area (TPSA) is 93.4 Å². The molecule has 84 valence electrons. The van der Waals surface area contributed by atoms with Crippen LogP contribution in [0.25, 0.3) is 0 Å². The molecule has 2 amide bonds. The fraction of sp³-hybridized carbons (Fsp3) is 0.667. The zero-order valence-corrected chi connectivity index (χ0v) is 9.02. The van der Waals surface area contributed by atoms with Crippen molar-refractivity contribution in [2.45, 2.75) is 32.4 Å².